The normalized spacial score (nSPS) is 10.9. The predicted octanol–water partition coefficient (Wildman–Crippen LogP) is 2.42. The van der Waals surface area contributed by atoms with Gasteiger partial charge in [0.1, 0.15) is 17.8 Å². The van der Waals surface area contributed by atoms with E-state index in [9.17, 15) is 9.90 Å². The van der Waals surface area contributed by atoms with Crippen molar-refractivity contribution in [3.8, 4) is 17.2 Å². The van der Waals surface area contributed by atoms with Crippen molar-refractivity contribution in [2.24, 2.45) is 5.10 Å². The molecule has 0 bridgehead atoms. The number of nitrogens with one attached hydrogen (secondary N) is 1. The molecule has 9 nitrogen and oxygen atoms in total. The maximum absolute atomic E-state index is 11.8. The minimum Gasteiger partial charge on any atom is -0.506 e. The molecule has 0 radical (unpaired) electrons. The molecule has 0 aliphatic heterocycles. The van der Waals surface area contributed by atoms with Crippen LogP contribution in [0.3, 0.4) is 0 Å². The molecule has 0 fully saturated rings. The van der Waals surface area contributed by atoms with Crippen molar-refractivity contribution in [1.82, 2.24) is 25.6 Å². The number of carbonyl (C=O) groups excluding carboxylic acids is 1. The summed E-state index contributed by atoms with van der Waals surface area (Å²) in [5.74, 6) is 0.0963. The number of phenols is 1. The zero-order chi connectivity index (χ0) is 19.2. The first-order valence-electron chi connectivity index (χ1n) is 7.49. The van der Waals surface area contributed by atoms with E-state index in [1.807, 2.05) is 0 Å². The molecule has 2 N–H and O–H groups in total. The highest BCUT2D eigenvalue weighted by atomic mass is 79.9. The SMILES string of the molecule is O=C(COc1ccc(-n2cnnn2)cc1)N/N=C\c1cc(Br)cc(Br)c1O. The summed E-state index contributed by atoms with van der Waals surface area (Å²) >= 11 is 6.54. The fourth-order valence-electron chi connectivity index (χ4n) is 2.01. The summed E-state index contributed by atoms with van der Waals surface area (Å²) in [5.41, 5.74) is 3.54. The molecule has 0 spiro atoms. The van der Waals surface area contributed by atoms with Gasteiger partial charge in [0.2, 0.25) is 0 Å². The van der Waals surface area contributed by atoms with E-state index in [1.165, 1.54) is 17.2 Å². The van der Waals surface area contributed by atoms with Crippen molar-refractivity contribution < 1.29 is 14.6 Å². The van der Waals surface area contributed by atoms with E-state index in [0.717, 1.165) is 10.2 Å². The van der Waals surface area contributed by atoms with Gasteiger partial charge in [0.25, 0.3) is 5.91 Å². The Kier molecular flexibility index (Phi) is 6.14. The van der Waals surface area contributed by atoms with Crippen LogP contribution < -0.4 is 10.2 Å². The summed E-state index contributed by atoms with van der Waals surface area (Å²) in [6.07, 6.45) is 2.81. The van der Waals surface area contributed by atoms with E-state index in [2.05, 4.69) is 57.9 Å². The first-order valence-corrected chi connectivity index (χ1v) is 9.07. The van der Waals surface area contributed by atoms with Crippen LogP contribution in [0.1, 0.15) is 5.56 Å². The van der Waals surface area contributed by atoms with E-state index < -0.39 is 5.91 Å². The maximum atomic E-state index is 11.8. The van der Waals surface area contributed by atoms with E-state index >= 15 is 0 Å². The van der Waals surface area contributed by atoms with Gasteiger partial charge in [-0.3, -0.25) is 4.79 Å². The van der Waals surface area contributed by atoms with Crippen LogP contribution in [0.5, 0.6) is 11.5 Å². The van der Waals surface area contributed by atoms with Gasteiger partial charge in [-0.15, -0.1) is 5.10 Å². The van der Waals surface area contributed by atoms with Crippen LogP contribution in [0.4, 0.5) is 0 Å². The maximum Gasteiger partial charge on any atom is 0.277 e. The largest absolute Gasteiger partial charge is 0.506 e. The van der Waals surface area contributed by atoms with E-state index in [4.69, 9.17) is 4.74 Å². The average molecular weight is 496 g/mol. The van der Waals surface area contributed by atoms with Crippen LogP contribution in [0.15, 0.2) is 56.8 Å². The highest BCUT2D eigenvalue weighted by molar-refractivity contribution is 9.11. The molecule has 11 heteroatoms. The lowest BCUT2D eigenvalue weighted by molar-refractivity contribution is -0.123. The van der Waals surface area contributed by atoms with Gasteiger partial charge < -0.3 is 9.84 Å². The lowest BCUT2D eigenvalue weighted by Crippen LogP contribution is -2.24. The van der Waals surface area contributed by atoms with Gasteiger partial charge in [-0.2, -0.15) is 5.10 Å². The molecule has 0 saturated heterocycles. The zero-order valence-corrected chi connectivity index (χ0v) is 16.8. The Bertz CT molecular complexity index is 961. The monoisotopic (exact) mass is 494 g/mol. The molecule has 1 amide bonds. The van der Waals surface area contributed by atoms with Crippen molar-refractivity contribution in [1.29, 1.82) is 0 Å². The van der Waals surface area contributed by atoms with Crippen LogP contribution in [0.25, 0.3) is 5.69 Å². The zero-order valence-electron chi connectivity index (χ0n) is 13.6. The standard InChI is InChI=1S/C16H12Br2N6O3/c17-11-5-10(16(26)14(18)6-11)7-19-21-15(25)8-27-13-3-1-12(2-4-13)24-9-20-22-23-24/h1-7,9,26H,8H2,(H,21,25)/b19-7-. The number of ether oxygens (including phenoxy) is 1. The second-order valence-corrected chi connectivity index (χ2v) is 6.93. The molecular weight excluding hydrogens is 484 g/mol. The minimum absolute atomic E-state index is 0.0233. The highest BCUT2D eigenvalue weighted by Gasteiger charge is 2.06. The lowest BCUT2D eigenvalue weighted by Gasteiger charge is -2.06. The average Bonchev–Trinajstić information content (AvgIpc) is 3.19. The number of amides is 1. The quantitative estimate of drug-likeness (QED) is 0.401. The van der Waals surface area contributed by atoms with Crippen molar-refractivity contribution in [2.45, 2.75) is 0 Å². The van der Waals surface area contributed by atoms with Gasteiger partial charge in [0.05, 0.1) is 16.4 Å². The molecular formula is C16H12Br2N6O3. The minimum atomic E-state index is -0.440. The molecule has 0 atom stereocenters. The van der Waals surface area contributed by atoms with Crippen LogP contribution >= 0.6 is 31.9 Å². The number of tetrazole rings is 1. The van der Waals surface area contributed by atoms with Gasteiger partial charge in [0.15, 0.2) is 6.61 Å². The van der Waals surface area contributed by atoms with E-state index in [1.54, 1.807) is 36.4 Å². The van der Waals surface area contributed by atoms with Gasteiger partial charge in [-0.05, 0) is 62.8 Å². The predicted molar refractivity (Wildman–Crippen MR) is 104 cm³/mol. The van der Waals surface area contributed by atoms with Crippen molar-refractivity contribution in [2.75, 3.05) is 6.61 Å². The van der Waals surface area contributed by atoms with Crippen molar-refractivity contribution >= 4 is 44.0 Å². The van der Waals surface area contributed by atoms with Crippen LogP contribution in [-0.2, 0) is 4.79 Å². The van der Waals surface area contributed by atoms with Crippen LogP contribution in [-0.4, -0.2) is 44.0 Å². The Morgan fingerprint density at radius 2 is 2.07 bits per heavy atom. The molecule has 1 aromatic heterocycles. The van der Waals surface area contributed by atoms with Gasteiger partial charge in [0, 0.05) is 10.0 Å². The van der Waals surface area contributed by atoms with Crippen molar-refractivity contribution in [3.05, 3.63) is 57.2 Å². The number of phenolic OH excluding ortho intramolecular Hbond substituents is 1. The molecule has 0 unspecified atom stereocenters. The number of nitrogens with zero attached hydrogens (tertiary/aromatic N) is 5. The summed E-state index contributed by atoms with van der Waals surface area (Å²) in [5, 5.41) is 24.6. The number of aromatic nitrogens is 4. The Balaban J connectivity index is 1.51. The fraction of sp³-hybridized carbons (Fsp3) is 0.0625. The molecule has 3 aromatic rings. The fourth-order valence-corrected chi connectivity index (χ4v) is 3.27. The molecule has 0 aliphatic carbocycles. The van der Waals surface area contributed by atoms with Gasteiger partial charge in [-0.1, -0.05) is 15.9 Å². The third kappa shape index (κ3) is 5.11. The molecule has 0 aliphatic rings. The number of rotatable bonds is 6. The highest BCUT2D eigenvalue weighted by Crippen LogP contribution is 2.30. The van der Waals surface area contributed by atoms with E-state index in [0.29, 0.717) is 15.8 Å². The molecule has 3 rings (SSSR count). The smallest absolute Gasteiger partial charge is 0.277 e. The molecule has 138 valence electrons. The third-order valence-corrected chi connectivity index (χ3v) is 4.33. The number of hydrogen-bond donors (Lipinski definition) is 2. The summed E-state index contributed by atoms with van der Waals surface area (Å²) in [4.78, 5) is 11.8. The van der Waals surface area contributed by atoms with Crippen molar-refractivity contribution in [3.63, 3.8) is 0 Å². The number of hydrogen-bond acceptors (Lipinski definition) is 7. The Morgan fingerprint density at radius 1 is 1.30 bits per heavy atom. The summed E-state index contributed by atoms with van der Waals surface area (Å²) in [6.45, 7) is -0.213. The second-order valence-electron chi connectivity index (χ2n) is 5.16. The Labute approximate surface area is 170 Å². The van der Waals surface area contributed by atoms with Gasteiger partial charge in [-0.25, -0.2) is 10.1 Å². The van der Waals surface area contributed by atoms with Crippen LogP contribution in [0, 0.1) is 0 Å². The summed E-state index contributed by atoms with van der Waals surface area (Å²) in [7, 11) is 0. The Hall–Kier alpha value is -2.79. The lowest BCUT2D eigenvalue weighted by atomic mass is 10.2. The number of benzene rings is 2. The molecule has 2 aromatic carbocycles. The Morgan fingerprint density at radius 3 is 2.78 bits per heavy atom. The molecule has 0 saturated carbocycles. The number of aromatic hydroxyl groups is 1. The molecule has 27 heavy (non-hydrogen) atoms. The van der Waals surface area contributed by atoms with E-state index in [-0.39, 0.29) is 12.4 Å². The number of carbonyl (C=O) groups is 1. The summed E-state index contributed by atoms with van der Waals surface area (Å²) < 4.78 is 8.16. The first kappa shape index (κ1) is 19.0. The topological polar surface area (TPSA) is 115 Å². The third-order valence-electron chi connectivity index (χ3n) is 3.27. The molecule has 1 heterocycles. The van der Waals surface area contributed by atoms with Crippen LogP contribution in [0.2, 0.25) is 0 Å². The summed E-state index contributed by atoms with van der Waals surface area (Å²) in [6, 6.07) is 10.3. The number of hydrazone groups is 1. The first-order chi connectivity index (χ1) is 13.0. The van der Waals surface area contributed by atoms with Gasteiger partial charge >= 0.3 is 0 Å². The number of halogens is 2. The second kappa shape index (κ2) is 8.73.